The van der Waals surface area contributed by atoms with Gasteiger partial charge in [0.2, 0.25) is 0 Å². The maximum atomic E-state index is 13.7. The van der Waals surface area contributed by atoms with Crippen LogP contribution in [-0.4, -0.2) is 23.0 Å². The Morgan fingerprint density at radius 2 is 2.00 bits per heavy atom. The molecule has 5 heteroatoms. The fourth-order valence-corrected chi connectivity index (χ4v) is 2.66. The fourth-order valence-electron chi connectivity index (χ4n) is 2.66. The minimum absolute atomic E-state index is 0.0280. The number of nitrogens with one attached hydrogen (secondary N) is 1. The monoisotopic (exact) mass is 279 g/mol. The molecule has 1 fully saturated rings. The first-order valence-corrected chi connectivity index (χ1v) is 6.79. The molecule has 2 atom stereocenters. The molecular weight excluding hydrogens is 261 g/mol. The van der Waals surface area contributed by atoms with Crippen LogP contribution < -0.4 is 5.32 Å². The van der Waals surface area contributed by atoms with Gasteiger partial charge in [0.1, 0.15) is 5.82 Å². The lowest BCUT2D eigenvalue weighted by molar-refractivity contribution is -0.143. The average molecular weight is 279 g/mol. The summed E-state index contributed by atoms with van der Waals surface area (Å²) in [5, 5.41) is 11.8. The van der Waals surface area contributed by atoms with E-state index in [2.05, 4.69) is 5.32 Å². The lowest BCUT2D eigenvalue weighted by Gasteiger charge is -2.29. The van der Waals surface area contributed by atoms with Crippen molar-refractivity contribution >= 4 is 11.9 Å². The van der Waals surface area contributed by atoms with Crippen LogP contribution in [0.3, 0.4) is 0 Å². The van der Waals surface area contributed by atoms with E-state index in [-0.39, 0.29) is 5.56 Å². The summed E-state index contributed by atoms with van der Waals surface area (Å²) in [6, 6.07) is 3.89. The summed E-state index contributed by atoms with van der Waals surface area (Å²) in [7, 11) is 0. The van der Waals surface area contributed by atoms with Crippen LogP contribution in [0.5, 0.6) is 0 Å². The van der Waals surface area contributed by atoms with E-state index in [1.54, 1.807) is 13.0 Å². The first kappa shape index (κ1) is 14.5. The molecule has 1 saturated carbocycles. The van der Waals surface area contributed by atoms with Gasteiger partial charge in [-0.05, 0) is 31.9 Å². The number of carbonyl (C=O) groups excluding carboxylic acids is 1. The van der Waals surface area contributed by atoms with Gasteiger partial charge in [-0.15, -0.1) is 0 Å². The maximum Gasteiger partial charge on any atom is 0.308 e. The molecule has 2 N–H and O–H groups in total. The summed E-state index contributed by atoms with van der Waals surface area (Å²) in [5.74, 6) is -2.61. The van der Waals surface area contributed by atoms with Crippen LogP contribution in [0.4, 0.5) is 4.39 Å². The van der Waals surface area contributed by atoms with E-state index < -0.39 is 29.7 Å². The summed E-state index contributed by atoms with van der Waals surface area (Å²) in [4.78, 5) is 23.3. The zero-order valence-corrected chi connectivity index (χ0v) is 11.4. The van der Waals surface area contributed by atoms with E-state index in [4.69, 9.17) is 5.11 Å². The Kier molecular flexibility index (Phi) is 4.37. The highest BCUT2D eigenvalue weighted by Crippen LogP contribution is 2.25. The van der Waals surface area contributed by atoms with Crippen molar-refractivity contribution in [1.82, 2.24) is 5.32 Å². The van der Waals surface area contributed by atoms with Crippen LogP contribution in [0.15, 0.2) is 18.2 Å². The molecule has 0 bridgehead atoms. The molecule has 1 amide bonds. The van der Waals surface area contributed by atoms with Crippen molar-refractivity contribution in [1.29, 1.82) is 0 Å². The molecule has 0 radical (unpaired) electrons. The second-order valence-corrected chi connectivity index (χ2v) is 5.29. The number of benzene rings is 1. The van der Waals surface area contributed by atoms with Gasteiger partial charge in [-0.3, -0.25) is 9.59 Å². The SMILES string of the molecule is Cc1ccc(F)c(C(=O)NC2CCCCC2C(=O)O)c1. The zero-order valence-electron chi connectivity index (χ0n) is 11.4. The standard InChI is InChI=1S/C15H18FNO3/c1-9-6-7-12(16)11(8-9)14(18)17-13-5-3-2-4-10(13)15(19)20/h6-8,10,13H,2-5H2,1H3,(H,17,18)(H,19,20). The van der Waals surface area contributed by atoms with E-state index in [1.807, 2.05) is 0 Å². The second kappa shape index (κ2) is 6.03. The second-order valence-electron chi connectivity index (χ2n) is 5.29. The van der Waals surface area contributed by atoms with Gasteiger partial charge in [0.15, 0.2) is 0 Å². The molecule has 0 saturated heterocycles. The van der Waals surface area contributed by atoms with Gasteiger partial charge in [-0.2, -0.15) is 0 Å². The van der Waals surface area contributed by atoms with E-state index >= 15 is 0 Å². The topological polar surface area (TPSA) is 66.4 Å². The number of rotatable bonds is 3. The summed E-state index contributed by atoms with van der Waals surface area (Å²) in [6.45, 7) is 1.77. The summed E-state index contributed by atoms with van der Waals surface area (Å²) < 4.78 is 13.7. The average Bonchev–Trinajstić information content (AvgIpc) is 2.41. The Balaban J connectivity index is 2.13. The van der Waals surface area contributed by atoms with Crippen molar-refractivity contribution < 1.29 is 19.1 Å². The normalized spacial score (nSPS) is 22.3. The van der Waals surface area contributed by atoms with Crippen molar-refractivity contribution in [2.24, 2.45) is 5.92 Å². The highest BCUT2D eigenvalue weighted by Gasteiger charge is 2.32. The Bertz CT molecular complexity index is 530. The minimum atomic E-state index is -0.903. The molecule has 4 nitrogen and oxygen atoms in total. The molecule has 2 rings (SSSR count). The molecule has 0 spiro atoms. The Hall–Kier alpha value is -1.91. The van der Waals surface area contributed by atoms with E-state index in [0.717, 1.165) is 18.4 Å². The molecule has 2 unspecified atom stereocenters. The van der Waals surface area contributed by atoms with E-state index in [0.29, 0.717) is 12.8 Å². The highest BCUT2D eigenvalue weighted by atomic mass is 19.1. The molecule has 1 aliphatic rings. The van der Waals surface area contributed by atoms with Crippen molar-refractivity contribution in [3.05, 3.63) is 35.1 Å². The third-order valence-electron chi connectivity index (χ3n) is 3.77. The van der Waals surface area contributed by atoms with Crippen molar-refractivity contribution in [3.63, 3.8) is 0 Å². The minimum Gasteiger partial charge on any atom is -0.481 e. The number of hydrogen-bond acceptors (Lipinski definition) is 2. The molecule has 1 aromatic rings. The van der Waals surface area contributed by atoms with E-state index in [9.17, 15) is 14.0 Å². The number of amides is 1. The zero-order chi connectivity index (χ0) is 14.7. The van der Waals surface area contributed by atoms with Gasteiger partial charge in [0, 0.05) is 6.04 Å². The van der Waals surface area contributed by atoms with Crippen LogP contribution in [0, 0.1) is 18.7 Å². The van der Waals surface area contributed by atoms with Crippen LogP contribution in [0.2, 0.25) is 0 Å². The predicted molar refractivity (Wildman–Crippen MR) is 72.0 cm³/mol. The maximum absolute atomic E-state index is 13.7. The first-order chi connectivity index (χ1) is 9.49. The van der Waals surface area contributed by atoms with Crippen molar-refractivity contribution in [2.45, 2.75) is 38.6 Å². The van der Waals surface area contributed by atoms with Gasteiger partial charge in [0.05, 0.1) is 11.5 Å². The third kappa shape index (κ3) is 3.15. The Morgan fingerprint density at radius 1 is 1.30 bits per heavy atom. The predicted octanol–water partition coefficient (Wildman–Crippen LogP) is 2.51. The highest BCUT2D eigenvalue weighted by molar-refractivity contribution is 5.95. The molecule has 0 heterocycles. The Labute approximate surface area is 117 Å². The smallest absolute Gasteiger partial charge is 0.308 e. The van der Waals surface area contributed by atoms with Crippen LogP contribution >= 0.6 is 0 Å². The molecular formula is C15H18FNO3. The largest absolute Gasteiger partial charge is 0.481 e. The summed E-state index contributed by atoms with van der Waals surface area (Å²) in [5.41, 5.74) is 0.759. The molecule has 108 valence electrons. The van der Waals surface area contributed by atoms with Crippen LogP contribution in [-0.2, 0) is 4.79 Å². The van der Waals surface area contributed by atoms with Crippen molar-refractivity contribution in [3.8, 4) is 0 Å². The lowest BCUT2D eigenvalue weighted by Crippen LogP contribution is -2.45. The fraction of sp³-hybridized carbons (Fsp3) is 0.467. The number of aliphatic carboxylic acids is 1. The van der Waals surface area contributed by atoms with Gasteiger partial charge >= 0.3 is 5.97 Å². The number of aryl methyl sites for hydroxylation is 1. The summed E-state index contributed by atoms with van der Waals surface area (Å²) >= 11 is 0. The number of carbonyl (C=O) groups is 2. The van der Waals surface area contributed by atoms with Gasteiger partial charge in [-0.1, -0.05) is 24.5 Å². The van der Waals surface area contributed by atoms with Crippen LogP contribution in [0.1, 0.15) is 41.6 Å². The van der Waals surface area contributed by atoms with Crippen molar-refractivity contribution in [2.75, 3.05) is 0 Å². The number of carboxylic acid groups (broad SMARTS) is 1. The molecule has 0 aromatic heterocycles. The number of hydrogen-bond donors (Lipinski definition) is 2. The lowest BCUT2D eigenvalue weighted by atomic mass is 9.84. The van der Waals surface area contributed by atoms with E-state index in [1.165, 1.54) is 12.1 Å². The van der Waals surface area contributed by atoms with Crippen LogP contribution in [0.25, 0.3) is 0 Å². The first-order valence-electron chi connectivity index (χ1n) is 6.79. The van der Waals surface area contributed by atoms with Gasteiger partial charge in [0.25, 0.3) is 5.91 Å². The third-order valence-corrected chi connectivity index (χ3v) is 3.77. The number of halogens is 1. The number of carboxylic acids is 1. The van der Waals surface area contributed by atoms with Gasteiger partial charge < -0.3 is 10.4 Å². The molecule has 1 aromatic carbocycles. The summed E-state index contributed by atoms with van der Waals surface area (Å²) in [6.07, 6.45) is 2.90. The molecule has 1 aliphatic carbocycles. The quantitative estimate of drug-likeness (QED) is 0.893. The molecule has 0 aliphatic heterocycles. The Morgan fingerprint density at radius 3 is 2.70 bits per heavy atom. The van der Waals surface area contributed by atoms with Gasteiger partial charge in [-0.25, -0.2) is 4.39 Å². The molecule has 20 heavy (non-hydrogen) atoms.